The lowest BCUT2D eigenvalue weighted by molar-refractivity contribution is -0.193. The fourth-order valence-corrected chi connectivity index (χ4v) is 3.51. The van der Waals surface area contributed by atoms with E-state index in [-0.39, 0.29) is 29.1 Å². The van der Waals surface area contributed by atoms with Crippen molar-refractivity contribution in [3.63, 3.8) is 0 Å². The summed E-state index contributed by atoms with van der Waals surface area (Å²) in [6.07, 6.45) is -5.09. The molecule has 6 nitrogen and oxygen atoms in total. The van der Waals surface area contributed by atoms with Crippen LogP contribution < -0.4 is 15.2 Å². The van der Waals surface area contributed by atoms with Crippen LogP contribution in [0.1, 0.15) is 24.2 Å². The molecule has 1 aliphatic heterocycles. The molecular weight excluding hydrogens is 382 g/mol. The Labute approximate surface area is 164 Å². The Morgan fingerprint density at radius 1 is 1.14 bits per heavy atom. The standard InChI is InChI=1S/C21H18F2N2O4/c1-12(26)15-4-3-5-17-19(15)29-21(22,23)20(28)25(17)11-13-6-8-16-14(10-13)7-9-18(27)24(16)2/h3-10,12,26H,11H2,1-2H3. The van der Waals surface area contributed by atoms with Gasteiger partial charge in [0, 0.05) is 18.7 Å². The minimum atomic E-state index is -4.04. The number of aliphatic hydroxyl groups excluding tert-OH is 1. The average molecular weight is 400 g/mol. The summed E-state index contributed by atoms with van der Waals surface area (Å²) in [6.45, 7) is 1.32. The van der Waals surface area contributed by atoms with Crippen molar-refractivity contribution in [3.05, 3.63) is 70.0 Å². The number of rotatable bonds is 3. The van der Waals surface area contributed by atoms with Crippen LogP contribution in [0.2, 0.25) is 0 Å². The smallest absolute Gasteiger partial charge is 0.423 e. The van der Waals surface area contributed by atoms with Gasteiger partial charge >= 0.3 is 12.0 Å². The molecule has 8 heteroatoms. The van der Waals surface area contributed by atoms with Crippen molar-refractivity contribution in [3.8, 4) is 5.75 Å². The van der Waals surface area contributed by atoms with E-state index in [0.29, 0.717) is 11.1 Å². The van der Waals surface area contributed by atoms with Gasteiger partial charge in [-0.3, -0.25) is 14.5 Å². The lowest BCUT2D eigenvalue weighted by atomic mass is 10.0. The zero-order valence-corrected chi connectivity index (χ0v) is 15.7. The number of hydrogen-bond acceptors (Lipinski definition) is 4. The molecule has 29 heavy (non-hydrogen) atoms. The molecule has 0 spiro atoms. The molecule has 2 aromatic carbocycles. The van der Waals surface area contributed by atoms with Crippen molar-refractivity contribution >= 4 is 22.5 Å². The van der Waals surface area contributed by atoms with E-state index in [1.54, 1.807) is 37.4 Å². The van der Waals surface area contributed by atoms with Crippen LogP contribution in [0.15, 0.2) is 53.3 Å². The van der Waals surface area contributed by atoms with Gasteiger partial charge in [0.2, 0.25) is 0 Å². The predicted molar refractivity (Wildman–Crippen MR) is 103 cm³/mol. The van der Waals surface area contributed by atoms with E-state index in [1.165, 1.54) is 29.7 Å². The number of aryl methyl sites for hydroxylation is 1. The van der Waals surface area contributed by atoms with Crippen LogP contribution in [0.25, 0.3) is 10.9 Å². The van der Waals surface area contributed by atoms with Crippen LogP contribution in [-0.2, 0) is 18.4 Å². The number of halogens is 2. The molecule has 3 aromatic rings. The molecule has 0 saturated carbocycles. The molecule has 1 amide bonds. The number of ether oxygens (including phenoxy) is 1. The van der Waals surface area contributed by atoms with Gasteiger partial charge < -0.3 is 14.4 Å². The highest BCUT2D eigenvalue weighted by atomic mass is 19.3. The Morgan fingerprint density at radius 3 is 2.62 bits per heavy atom. The van der Waals surface area contributed by atoms with Crippen LogP contribution >= 0.6 is 0 Å². The van der Waals surface area contributed by atoms with Crippen molar-refractivity contribution in [1.29, 1.82) is 0 Å². The molecular formula is C21H18F2N2O4. The number of fused-ring (bicyclic) bond motifs is 2. The SMILES string of the molecule is CC(O)c1cccc2c1OC(F)(F)C(=O)N2Cc1ccc2c(ccc(=O)n2C)c1. The highest BCUT2D eigenvalue weighted by Gasteiger charge is 2.51. The zero-order chi connectivity index (χ0) is 20.9. The Bertz CT molecular complexity index is 1190. The van der Waals surface area contributed by atoms with Gasteiger partial charge in [-0.1, -0.05) is 18.2 Å². The van der Waals surface area contributed by atoms with Gasteiger partial charge in [-0.05, 0) is 42.1 Å². The third-order valence-electron chi connectivity index (χ3n) is 5.02. The Balaban J connectivity index is 1.80. The summed E-state index contributed by atoms with van der Waals surface area (Å²) in [5.74, 6) is -1.69. The molecule has 1 atom stereocenters. The first kappa shape index (κ1) is 19.1. The third-order valence-corrected chi connectivity index (χ3v) is 5.02. The van der Waals surface area contributed by atoms with E-state index in [4.69, 9.17) is 0 Å². The number of nitrogens with zero attached hydrogens (tertiary/aromatic N) is 2. The van der Waals surface area contributed by atoms with Gasteiger partial charge in [-0.15, -0.1) is 0 Å². The van der Waals surface area contributed by atoms with Gasteiger partial charge in [-0.25, -0.2) is 0 Å². The fourth-order valence-electron chi connectivity index (χ4n) is 3.51. The van der Waals surface area contributed by atoms with E-state index in [9.17, 15) is 23.5 Å². The summed E-state index contributed by atoms with van der Waals surface area (Å²) < 4.78 is 34.7. The third kappa shape index (κ3) is 3.15. The molecule has 1 aromatic heterocycles. The summed E-state index contributed by atoms with van der Waals surface area (Å²) in [5, 5.41) is 10.6. The number of benzene rings is 2. The number of carbonyl (C=O) groups excluding carboxylic acids is 1. The second-order valence-electron chi connectivity index (χ2n) is 7.01. The zero-order valence-electron chi connectivity index (χ0n) is 15.7. The molecule has 0 radical (unpaired) electrons. The molecule has 1 unspecified atom stereocenters. The van der Waals surface area contributed by atoms with Gasteiger partial charge in [0.15, 0.2) is 5.75 Å². The molecule has 0 fully saturated rings. The maximum Gasteiger partial charge on any atom is 0.483 e. The van der Waals surface area contributed by atoms with Crippen LogP contribution in [0.3, 0.4) is 0 Å². The minimum absolute atomic E-state index is 0.118. The number of carbonyl (C=O) groups is 1. The van der Waals surface area contributed by atoms with Crippen molar-refractivity contribution in [2.75, 3.05) is 4.90 Å². The summed E-state index contributed by atoms with van der Waals surface area (Å²) in [7, 11) is 1.64. The van der Waals surface area contributed by atoms with Gasteiger partial charge in [0.1, 0.15) is 0 Å². The summed E-state index contributed by atoms with van der Waals surface area (Å²) in [4.78, 5) is 25.1. The van der Waals surface area contributed by atoms with Crippen molar-refractivity contribution < 1.29 is 23.4 Å². The molecule has 1 aliphatic rings. The number of amides is 1. The minimum Gasteiger partial charge on any atom is -0.423 e. The maximum atomic E-state index is 14.3. The molecule has 0 aliphatic carbocycles. The number of pyridine rings is 1. The second kappa shape index (κ2) is 6.66. The maximum absolute atomic E-state index is 14.3. The number of hydrogen-bond donors (Lipinski definition) is 1. The lowest BCUT2D eigenvalue weighted by Crippen LogP contribution is -2.50. The molecule has 4 rings (SSSR count). The first-order valence-electron chi connectivity index (χ1n) is 8.97. The van der Waals surface area contributed by atoms with E-state index in [0.717, 1.165) is 10.3 Å². The van der Waals surface area contributed by atoms with Gasteiger partial charge in [0.25, 0.3) is 5.56 Å². The quantitative estimate of drug-likeness (QED) is 0.733. The van der Waals surface area contributed by atoms with E-state index in [2.05, 4.69) is 4.74 Å². The topological polar surface area (TPSA) is 71.8 Å². The van der Waals surface area contributed by atoms with Crippen molar-refractivity contribution in [1.82, 2.24) is 4.57 Å². The monoisotopic (exact) mass is 400 g/mol. The lowest BCUT2D eigenvalue weighted by Gasteiger charge is -2.35. The van der Waals surface area contributed by atoms with E-state index < -0.39 is 18.1 Å². The number of aromatic nitrogens is 1. The van der Waals surface area contributed by atoms with Crippen LogP contribution in [-0.4, -0.2) is 21.7 Å². The largest absolute Gasteiger partial charge is 0.483 e. The van der Waals surface area contributed by atoms with Crippen LogP contribution in [0, 0.1) is 0 Å². The number of alkyl halides is 2. The van der Waals surface area contributed by atoms with Crippen molar-refractivity contribution in [2.24, 2.45) is 7.05 Å². The number of aliphatic hydroxyl groups is 1. The van der Waals surface area contributed by atoms with Gasteiger partial charge in [0.05, 0.1) is 23.9 Å². The normalized spacial score (nSPS) is 16.4. The molecule has 0 saturated heterocycles. The average Bonchev–Trinajstić information content (AvgIpc) is 2.67. The predicted octanol–water partition coefficient (Wildman–Crippen LogP) is 3.11. The first-order chi connectivity index (χ1) is 13.7. The highest BCUT2D eigenvalue weighted by molar-refractivity contribution is 6.01. The highest BCUT2D eigenvalue weighted by Crippen LogP contribution is 2.44. The van der Waals surface area contributed by atoms with Crippen LogP contribution in [0.5, 0.6) is 5.75 Å². The number of para-hydroxylation sites is 1. The summed E-state index contributed by atoms with van der Waals surface area (Å²) >= 11 is 0. The number of anilines is 1. The molecule has 1 N–H and O–H groups in total. The van der Waals surface area contributed by atoms with Crippen LogP contribution in [0.4, 0.5) is 14.5 Å². The summed E-state index contributed by atoms with van der Waals surface area (Å²) in [6, 6.07) is 12.8. The van der Waals surface area contributed by atoms with E-state index in [1.807, 2.05) is 0 Å². The Kier molecular flexibility index (Phi) is 4.38. The Hall–Kier alpha value is -3.26. The molecule has 2 heterocycles. The van der Waals surface area contributed by atoms with Gasteiger partial charge in [-0.2, -0.15) is 8.78 Å². The Morgan fingerprint density at radius 2 is 1.90 bits per heavy atom. The fraction of sp³-hybridized carbons (Fsp3) is 0.238. The van der Waals surface area contributed by atoms with Crippen molar-refractivity contribution in [2.45, 2.75) is 25.7 Å². The molecule has 0 bridgehead atoms. The van der Waals surface area contributed by atoms with E-state index >= 15 is 0 Å². The first-order valence-corrected chi connectivity index (χ1v) is 8.97. The molecule has 150 valence electrons. The summed E-state index contributed by atoms with van der Waals surface area (Å²) in [5.41, 5.74) is 1.48. The second-order valence-corrected chi connectivity index (χ2v) is 7.01.